The molecular formula is C19H27BrN2O7S. The van der Waals surface area contributed by atoms with Gasteiger partial charge in [0, 0.05) is 5.33 Å². The van der Waals surface area contributed by atoms with E-state index in [0.29, 0.717) is 5.33 Å². The zero-order valence-electron chi connectivity index (χ0n) is 17.8. The molecule has 3 atom stereocenters. The number of alkyl carbamates (subject to hydrolysis) is 1. The van der Waals surface area contributed by atoms with Crippen LogP contribution in [0.5, 0.6) is 0 Å². The highest BCUT2D eigenvalue weighted by Gasteiger charge is 2.58. The number of carbonyl (C=O) groups excluding carboxylic acids is 4. The van der Waals surface area contributed by atoms with E-state index in [-0.39, 0.29) is 12.2 Å². The molecule has 9 nitrogen and oxygen atoms in total. The van der Waals surface area contributed by atoms with Crippen molar-refractivity contribution in [3.8, 4) is 0 Å². The van der Waals surface area contributed by atoms with Crippen LogP contribution < -0.4 is 5.32 Å². The minimum absolute atomic E-state index is 0.0236. The Hall–Kier alpha value is -1.75. The van der Waals surface area contributed by atoms with Crippen molar-refractivity contribution >= 4 is 51.6 Å². The number of β-lactam (4-membered cyclic amide) rings is 1. The summed E-state index contributed by atoms with van der Waals surface area (Å²) in [6, 6.07) is -2.13. The Morgan fingerprint density at radius 2 is 1.73 bits per heavy atom. The second kappa shape index (κ2) is 9.17. The average Bonchev–Trinajstić information content (AvgIpc) is 2.59. The Morgan fingerprint density at radius 1 is 1.13 bits per heavy atom. The lowest BCUT2D eigenvalue weighted by Crippen LogP contribution is -2.74. The number of amides is 2. The van der Waals surface area contributed by atoms with Gasteiger partial charge in [0.1, 0.15) is 29.2 Å². The standard InChI is InChI=1S/C19H27BrN2O7S/c1-18(2,3)28-16(25)12-10(15(24)27-8-7-20)9-30-14-11(13(23)22(12)14)21-17(26)29-19(4,5)6/h9,11-12,14H,7-8H2,1-6H3,(H,21,26)/t11?,12?,14-/m0/s1. The van der Waals surface area contributed by atoms with Crippen LogP contribution in [0.1, 0.15) is 41.5 Å². The summed E-state index contributed by atoms with van der Waals surface area (Å²) < 4.78 is 15.8. The molecule has 0 aromatic carbocycles. The van der Waals surface area contributed by atoms with Crippen LogP contribution in [0.4, 0.5) is 4.79 Å². The lowest BCUT2D eigenvalue weighted by Gasteiger charge is -2.51. The number of fused-ring (bicyclic) bond motifs is 1. The Kier molecular flexibility index (Phi) is 7.49. The monoisotopic (exact) mass is 506 g/mol. The van der Waals surface area contributed by atoms with Crippen LogP contribution in [0, 0.1) is 0 Å². The summed E-state index contributed by atoms with van der Waals surface area (Å²) in [5.41, 5.74) is -1.51. The van der Waals surface area contributed by atoms with Crippen LogP contribution in [0.2, 0.25) is 0 Å². The minimum atomic E-state index is -1.25. The van der Waals surface area contributed by atoms with Crippen molar-refractivity contribution in [3.63, 3.8) is 0 Å². The number of hydrogen-bond acceptors (Lipinski definition) is 8. The van der Waals surface area contributed by atoms with E-state index in [1.165, 1.54) is 10.3 Å². The molecule has 2 unspecified atom stereocenters. The van der Waals surface area contributed by atoms with Crippen LogP contribution in [0.25, 0.3) is 0 Å². The first-order chi connectivity index (χ1) is 13.7. The lowest BCUT2D eigenvalue weighted by molar-refractivity contribution is -0.171. The smallest absolute Gasteiger partial charge is 0.408 e. The van der Waals surface area contributed by atoms with Gasteiger partial charge in [-0.2, -0.15) is 0 Å². The van der Waals surface area contributed by atoms with E-state index in [0.717, 1.165) is 11.8 Å². The van der Waals surface area contributed by atoms with Gasteiger partial charge in [-0.15, -0.1) is 11.8 Å². The molecule has 0 aliphatic carbocycles. The molecule has 0 aromatic heterocycles. The largest absolute Gasteiger partial charge is 0.461 e. The second-order valence-corrected chi connectivity index (χ2v) is 10.5. The van der Waals surface area contributed by atoms with Crippen LogP contribution in [0.15, 0.2) is 11.0 Å². The van der Waals surface area contributed by atoms with Crippen molar-refractivity contribution in [2.75, 3.05) is 11.9 Å². The van der Waals surface area contributed by atoms with E-state index in [1.807, 2.05) is 0 Å². The number of hydrogen-bond donors (Lipinski definition) is 1. The number of nitrogens with zero attached hydrogens (tertiary/aromatic N) is 1. The third-order valence-corrected chi connectivity index (χ3v) is 5.33. The van der Waals surface area contributed by atoms with Crippen LogP contribution in [-0.2, 0) is 28.6 Å². The average molecular weight is 507 g/mol. The Balaban J connectivity index is 2.24. The van der Waals surface area contributed by atoms with Crippen LogP contribution in [-0.4, -0.2) is 69.4 Å². The molecule has 1 saturated heterocycles. The molecule has 0 aromatic rings. The normalized spacial score (nSPS) is 23.6. The van der Waals surface area contributed by atoms with Crippen molar-refractivity contribution in [1.29, 1.82) is 0 Å². The first-order valence-corrected chi connectivity index (χ1v) is 11.4. The highest BCUT2D eigenvalue weighted by molar-refractivity contribution is 9.09. The molecule has 30 heavy (non-hydrogen) atoms. The maximum Gasteiger partial charge on any atom is 0.408 e. The van der Waals surface area contributed by atoms with Crippen molar-refractivity contribution in [1.82, 2.24) is 10.2 Å². The molecule has 1 N–H and O–H groups in total. The molecule has 2 aliphatic rings. The summed E-state index contributed by atoms with van der Waals surface area (Å²) in [6.07, 6.45) is -0.735. The van der Waals surface area contributed by atoms with Gasteiger partial charge in [0.15, 0.2) is 6.04 Å². The Bertz CT molecular complexity index is 757. The number of alkyl halides is 1. The van der Waals surface area contributed by atoms with Crippen molar-refractivity contribution in [2.24, 2.45) is 0 Å². The van der Waals surface area contributed by atoms with Gasteiger partial charge in [0.25, 0.3) is 0 Å². The number of thioether (sulfide) groups is 1. The molecular weight excluding hydrogens is 480 g/mol. The molecule has 168 valence electrons. The third kappa shape index (κ3) is 5.90. The summed E-state index contributed by atoms with van der Waals surface area (Å²) in [6.45, 7) is 10.3. The summed E-state index contributed by atoms with van der Waals surface area (Å²) in [7, 11) is 0. The molecule has 0 bridgehead atoms. The van der Waals surface area contributed by atoms with Crippen LogP contribution >= 0.6 is 27.7 Å². The molecule has 0 spiro atoms. The maximum atomic E-state index is 12.9. The molecule has 2 amide bonds. The Labute approximate surface area is 188 Å². The van der Waals surface area contributed by atoms with Gasteiger partial charge in [-0.25, -0.2) is 14.4 Å². The number of nitrogens with one attached hydrogen (secondary N) is 1. The van der Waals surface area contributed by atoms with E-state index >= 15 is 0 Å². The van der Waals surface area contributed by atoms with E-state index < -0.39 is 52.6 Å². The van der Waals surface area contributed by atoms with Crippen molar-refractivity contribution in [3.05, 3.63) is 11.0 Å². The van der Waals surface area contributed by atoms with E-state index in [9.17, 15) is 19.2 Å². The molecule has 11 heteroatoms. The van der Waals surface area contributed by atoms with Gasteiger partial charge < -0.3 is 24.4 Å². The van der Waals surface area contributed by atoms with Gasteiger partial charge in [0.05, 0.1) is 5.57 Å². The van der Waals surface area contributed by atoms with E-state index in [2.05, 4.69) is 21.2 Å². The second-order valence-electron chi connectivity index (χ2n) is 8.73. The maximum absolute atomic E-state index is 12.9. The highest BCUT2D eigenvalue weighted by atomic mass is 79.9. The van der Waals surface area contributed by atoms with Crippen molar-refractivity contribution in [2.45, 2.75) is 70.2 Å². The lowest BCUT2D eigenvalue weighted by atomic mass is 9.97. The fourth-order valence-corrected chi connectivity index (χ4v) is 4.17. The predicted molar refractivity (Wildman–Crippen MR) is 114 cm³/mol. The number of rotatable bonds is 5. The van der Waals surface area contributed by atoms with Gasteiger partial charge in [-0.1, -0.05) is 15.9 Å². The SMILES string of the molecule is CC(C)(C)OC(=O)NC1C(=O)N2C(C(=O)OC(C)(C)C)C(C(=O)OCCBr)=CS[C@@H]12. The van der Waals surface area contributed by atoms with Crippen molar-refractivity contribution < 1.29 is 33.4 Å². The van der Waals surface area contributed by atoms with Crippen LogP contribution in [0.3, 0.4) is 0 Å². The van der Waals surface area contributed by atoms with E-state index in [1.54, 1.807) is 41.5 Å². The van der Waals surface area contributed by atoms with Gasteiger partial charge in [0.2, 0.25) is 5.91 Å². The van der Waals surface area contributed by atoms with Gasteiger partial charge in [-0.3, -0.25) is 4.79 Å². The summed E-state index contributed by atoms with van der Waals surface area (Å²) in [5, 5.41) is 3.88. The number of ether oxygens (including phenoxy) is 3. The topological polar surface area (TPSA) is 111 Å². The number of halogens is 1. The van der Waals surface area contributed by atoms with Gasteiger partial charge in [-0.05, 0) is 47.0 Å². The summed E-state index contributed by atoms with van der Waals surface area (Å²) in [4.78, 5) is 51.5. The molecule has 2 aliphatic heterocycles. The summed E-state index contributed by atoms with van der Waals surface area (Å²) in [5.74, 6) is -1.94. The fraction of sp³-hybridized carbons (Fsp3) is 0.684. The number of esters is 2. The quantitative estimate of drug-likeness (QED) is 0.261. The highest BCUT2D eigenvalue weighted by Crippen LogP contribution is 2.41. The molecule has 0 radical (unpaired) electrons. The zero-order chi connectivity index (χ0) is 22.9. The predicted octanol–water partition coefficient (Wildman–Crippen LogP) is 2.33. The molecule has 2 heterocycles. The molecule has 0 saturated carbocycles. The Morgan fingerprint density at radius 3 is 2.27 bits per heavy atom. The minimum Gasteiger partial charge on any atom is -0.461 e. The fourth-order valence-electron chi connectivity index (χ4n) is 2.80. The first kappa shape index (κ1) is 24.5. The van der Waals surface area contributed by atoms with E-state index in [4.69, 9.17) is 14.2 Å². The first-order valence-electron chi connectivity index (χ1n) is 9.38. The summed E-state index contributed by atoms with van der Waals surface area (Å²) >= 11 is 4.32. The molecule has 1 fully saturated rings. The van der Waals surface area contributed by atoms with Gasteiger partial charge >= 0.3 is 18.0 Å². The number of carbonyl (C=O) groups is 4. The third-order valence-electron chi connectivity index (χ3n) is 3.84. The molecule has 2 rings (SSSR count). The zero-order valence-corrected chi connectivity index (χ0v) is 20.2.